The topological polar surface area (TPSA) is 32.6 Å². The van der Waals surface area contributed by atoms with Crippen LogP contribution >= 0.6 is 0 Å². The van der Waals surface area contributed by atoms with Gasteiger partial charge in [0, 0.05) is 0 Å². The Hall–Kier alpha value is -0.790. The fraction of sp³-hybridized carbons (Fsp3) is 0.625. The van der Waals surface area contributed by atoms with E-state index in [9.17, 15) is 0 Å². The average Bonchev–Trinajstić information content (AvgIpc) is 2.03. The summed E-state index contributed by atoms with van der Waals surface area (Å²) >= 11 is 0. The monoisotopic (exact) mass is 139 g/mol. The first-order valence-corrected chi connectivity index (χ1v) is 3.79. The second kappa shape index (κ2) is 4.09. The third-order valence-corrected chi connectivity index (χ3v) is 1.87. The van der Waals surface area contributed by atoms with Gasteiger partial charge in [-0.05, 0) is 31.8 Å². The molecule has 0 aliphatic heterocycles. The van der Waals surface area contributed by atoms with Gasteiger partial charge >= 0.3 is 0 Å². The molecule has 0 radical (unpaired) electrons. The molecule has 0 spiro atoms. The van der Waals surface area contributed by atoms with E-state index in [-0.39, 0.29) is 0 Å². The van der Waals surface area contributed by atoms with E-state index in [0.717, 1.165) is 0 Å². The average molecular weight is 139 g/mol. The molecule has 0 unspecified atom stereocenters. The highest BCUT2D eigenvalue weighted by molar-refractivity contribution is 5.71. The lowest BCUT2D eigenvalue weighted by atomic mass is 9.95. The highest BCUT2D eigenvalue weighted by Crippen LogP contribution is 2.21. The van der Waals surface area contributed by atoms with Crippen LogP contribution in [0, 0.1) is 0 Å². The van der Waals surface area contributed by atoms with Crippen LogP contribution in [0.15, 0.2) is 16.8 Å². The normalized spacial score (nSPS) is 19.8. The van der Waals surface area contributed by atoms with Crippen LogP contribution in [0.5, 0.6) is 0 Å². The summed E-state index contributed by atoms with van der Waals surface area (Å²) in [7, 11) is 0. The van der Waals surface area contributed by atoms with Crippen LogP contribution in [-0.4, -0.2) is 11.4 Å². The van der Waals surface area contributed by atoms with E-state index in [0.29, 0.717) is 0 Å². The number of rotatable bonds is 1. The van der Waals surface area contributed by atoms with Gasteiger partial charge < -0.3 is 5.21 Å². The van der Waals surface area contributed by atoms with Crippen molar-refractivity contribution in [3.8, 4) is 0 Å². The summed E-state index contributed by atoms with van der Waals surface area (Å²) < 4.78 is 0. The molecule has 2 heteroatoms. The minimum Gasteiger partial charge on any atom is -0.411 e. The Labute approximate surface area is 61.2 Å². The maximum Gasteiger partial charge on any atom is 0.0661 e. The van der Waals surface area contributed by atoms with Crippen LogP contribution in [0.3, 0.4) is 0 Å². The first-order valence-electron chi connectivity index (χ1n) is 3.79. The van der Waals surface area contributed by atoms with Crippen LogP contribution in [-0.2, 0) is 0 Å². The van der Waals surface area contributed by atoms with Crippen LogP contribution in [0.25, 0.3) is 0 Å². The van der Waals surface area contributed by atoms with Crippen molar-refractivity contribution < 1.29 is 5.21 Å². The standard InChI is InChI=1S/C8H13NO/c10-9-7-6-8-4-2-1-3-5-8/h6-7,10H,1-5H2. The van der Waals surface area contributed by atoms with Gasteiger partial charge in [-0.3, -0.25) is 0 Å². The third kappa shape index (κ3) is 2.21. The lowest BCUT2D eigenvalue weighted by molar-refractivity contribution is 0.322. The summed E-state index contributed by atoms with van der Waals surface area (Å²) in [6.45, 7) is 0. The molecule has 1 saturated carbocycles. The quantitative estimate of drug-likeness (QED) is 0.337. The zero-order valence-corrected chi connectivity index (χ0v) is 6.08. The number of allylic oxidation sites excluding steroid dienone is 2. The summed E-state index contributed by atoms with van der Waals surface area (Å²) in [5.41, 5.74) is 1.42. The predicted octanol–water partition coefficient (Wildman–Crippen LogP) is 2.34. The highest BCUT2D eigenvalue weighted by Gasteiger charge is 2.02. The fourth-order valence-corrected chi connectivity index (χ4v) is 1.31. The van der Waals surface area contributed by atoms with Crippen molar-refractivity contribution in [3.05, 3.63) is 11.6 Å². The maximum absolute atomic E-state index is 8.12. The lowest BCUT2D eigenvalue weighted by Gasteiger charge is -2.11. The molecule has 0 heterocycles. The first-order chi connectivity index (χ1) is 4.93. The van der Waals surface area contributed by atoms with Gasteiger partial charge in [0.15, 0.2) is 0 Å². The second-order valence-corrected chi connectivity index (χ2v) is 2.65. The summed E-state index contributed by atoms with van der Waals surface area (Å²) in [5.74, 6) is 0. The van der Waals surface area contributed by atoms with Gasteiger partial charge in [-0.1, -0.05) is 17.1 Å². The Bertz CT molecular complexity index is 141. The van der Waals surface area contributed by atoms with Crippen molar-refractivity contribution in [2.75, 3.05) is 0 Å². The number of hydrogen-bond acceptors (Lipinski definition) is 2. The molecule has 0 aromatic rings. The van der Waals surface area contributed by atoms with Crippen molar-refractivity contribution in [2.45, 2.75) is 32.1 Å². The first kappa shape index (κ1) is 7.32. The molecule has 2 nitrogen and oxygen atoms in total. The van der Waals surface area contributed by atoms with E-state index < -0.39 is 0 Å². The molecule has 10 heavy (non-hydrogen) atoms. The molecule has 0 aromatic heterocycles. The Morgan fingerprint density at radius 2 is 1.90 bits per heavy atom. The zero-order chi connectivity index (χ0) is 7.23. The molecule has 56 valence electrons. The predicted molar refractivity (Wildman–Crippen MR) is 41.4 cm³/mol. The van der Waals surface area contributed by atoms with Crippen molar-refractivity contribution >= 4 is 6.21 Å². The van der Waals surface area contributed by atoms with Gasteiger partial charge in [-0.15, -0.1) is 0 Å². The maximum atomic E-state index is 8.12. The van der Waals surface area contributed by atoms with E-state index in [2.05, 4.69) is 5.16 Å². The number of oxime groups is 1. The van der Waals surface area contributed by atoms with Crippen molar-refractivity contribution in [2.24, 2.45) is 5.16 Å². The minimum atomic E-state index is 1.19. The van der Waals surface area contributed by atoms with E-state index in [1.54, 1.807) is 0 Å². The van der Waals surface area contributed by atoms with Gasteiger partial charge in [-0.2, -0.15) is 0 Å². The Morgan fingerprint density at radius 3 is 2.50 bits per heavy atom. The fourth-order valence-electron chi connectivity index (χ4n) is 1.31. The smallest absolute Gasteiger partial charge is 0.0661 e. The molecule has 1 aliphatic carbocycles. The number of hydrogen-bond donors (Lipinski definition) is 1. The van der Waals surface area contributed by atoms with Crippen LogP contribution in [0.2, 0.25) is 0 Å². The van der Waals surface area contributed by atoms with E-state index >= 15 is 0 Å². The van der Waals surface area contributed by atoms with Gasteiger partial charge in [0.25, 0.3) is 0 Å². The molecule has 0 bridgehead atoms. The van der Waals surface area contributed by atoms with Crippen LogP contribution < -0.4 is 0 Å². The molecule has 0 amide bonds. The van der Waals surface area contributed by atoms with Crippen molar-refractivity contribution in [1.29, 1.82) is 0 Å². The van der Waals surface area contributed by atoms with Crippen molar-refractivity contribution in [1.82, 2.24) is 0 Å². The summed E-state index contributed by atoms with van der Waals surface area (Å²) in [5, 5.41) is 11.1. The minimum absolute atomic E-state index is 1.19. The molecule has 1 fully saturated rings. The molecule has 0 aromatic carbocycles. The summed E-state index contributed by atoms with van der Waals surface area (Å²) in [6, 6.07) is 0. The molecule has 1 rings (SSSR count). The Balaban J connectivity index is 2.37. The SMILES string of the molecule is ON=CC=C1CCCCC1. The lowest BCUT2D eigenvalue weighted by Crippen LogP contribution is -1.93. The third-order valence-electron chi connectivity index (χ3n) is 1.87. The molecule has 1 N–H and O–H groups in total. The van der Waals surface area contributed by atoms with Gasteiger partial charge in [-0.25, -0.2) is 0 Å². The Morgan fingerprint density at radius 1 is 1.20 bits per heavy atom. The summed E-state index contributed by atoms with van der Waals surface area (Å²) in [6.07, 6.45) is 9.70. The molecular formula is C8H13NO. The Kier molecular flexibility index (Phi) is 3.00. The van der Waals surface area contributed by atoms with Gasteiger partial charge in [0.2, 0.25) is 0 Å². The second-order valence-electron chi connectivity index (χ2n) is 2.65. The van der Waals surface area contributed by atoms with Gasteiger partial charge in [0.05, 0.1) is 6.21 Å². The molecule has 0 saturated heterocycles. The molecular weight excluding hydrogens is 126 g/mol. The molecule has 0 atom stereocenters. The molecule has 1 aliphatic rings. The van der Waals surface area contributed by atoms with E-state index in [1.807, 2.05) is 6.08 Å². The largest absolute Gasteiger partial charge is 0.411 e. The van der Waals surface area contributed by atoms with Crippen LogP contribution in [0.1, 0.15) is 32.1 Å². The van der Waals surface area contributed by atoms with E-state index in [1.165, 1.54) is 43.9 Å². The van der Waals surface area contributed by atoms with Crippen LogP contribution in [0.4, 0.5) is 0 Å². The van der Waals surface area contributed by atoms with E-state index in [4.69, 9.17) is 5.21 Å². The highest BCUT2D eigenvalue weighted by atomic mass is 16.4. The zero-order valence-electron chi connectivity index (χ0n) is 6.08. The van der Waals surface area contributed by atoms with Crippen molar-refractivity contribution in [3.63, 3.8) is 0 Å². The summed E-state index contributed by atoms with van der Waals surface area (Å²) in [4.78, 5) is 0. The van der Waals surface area contributed by atoms with Gasteiger partial charge in [0.1, 0.15) is 0 Å². The number of nitrogens with zero attached hydrogens (tertiary/aromatic N) is 1.